The predicted octanol–water partition coefficient (Wildman–Crippen LogP) is 10.5. The quantitative estimate of drug-likeness (QED) is 0.249. The molecular weight excluding hydrogens is 561 g/mol. The summed E-state index contributed by atoms with van der Waals surface area (Å²) in [6.07, 6.45) is 25.7. The lowest BCUT2D eigenvalue weighted by Crippen LogP contribution is -2.72. The van der Waals surface area contributed by atoms with Gasteiger partial charge in [0.15, 0.2) is 0 Å². The van der Waals surface area contributed by atoms with E-state index in [1.807, 2.05) is 0 Å². The fourth-order valence-corrected chi connectivity index (χ4v) is 25.7. The van der Waals surface area contributed by atoms with Gasteiger partial charge in [-0.15, -0.1) is 0 Å². The van der Waals surface area contributed by atoms with E-state index in [9.17, 15) is 0 Å². The first-order valence-corrected chi connectivity index (χ1v) is 23.1. The third kappa shape index (κ3) is 3.17. The molecule has 2 heterocycles. The summed E-state index contributed by atoms with van der Waals surface area (Å²) in [5.74, 6) is 18.1. The summed E-state index contributed by atoms with van der Waals surface area (Å²) in [5.41, 5.74) is 0. The number of fused-ring (bicyclic) bond motifs is 14. The van der Waals surface area contributed by atoms with E-state index in [0.29, 0.717) is 0 Å². The lowest BCUT2D eigenvalue weighted by atomic mass is 9.32. The Labute approximate surface area is 260 Å². The Balaban J connectivity index is 1.14. The highest BCUT2D eigenvalue weighted by Gasteiger charge is 2.75. The topological polar surface area (TPSA) is 0 Å². The van der Waals surface area contributed by atoms with Crippen LogP contribution in [-0.4, -0.2) is 21.0 Å². The first kappa shape index (κ1) is 25.6. The van der Waals surface area contributed by atoms with Gasteiger partial charge < -0.3 is 0 Å². The molecule has 0 radical (unpaired) electrons. The van der Waals surface area contributed by atoms with Gasteiger partial charge in [0, 0.05) is 21.0 Å². The van der Waals surface area contributed by atoms with Gasteiger partial charge in [0.2, 0.25) is 0 Å². The molecule has 9 aliphatic carbocycles. The summed E-state index contributed by atoms with van der Waals surface area (Å²) >= 11 is 0. The van der Waals surface area contributed by atoms with Gasteiger partial charge in [0.25, 0.3) is 0 Å². The van der Waals surface area contributed by atoms with E-state index >= 15 is 0 Å². The van der Waals surface area contributed by atoms with Gasteiger partial charge in [0.05, 0.1) is 0 Å². The third-order valence-corrected chi connectivity index (χ3v) is 23.9. The Kier molecular flexibility index (Phi) is 6.05. The lowest BCUT2D eigenvalue weighted by Gasteiger charge is -2.74. The second-order valence-corrected chi connectivity index (χ2v) is 22.6. The SMILES string of the molecule is C1CCC2C(C1)C1SSC3C4CCCCC4C4C5C6CCCCC6C6SSC7C8CCCCC8C(C2C4C13)C5C76. The molecule has 11 rings (SSSR count). The van der Waals surface area contributed by atoms with Crippen LogP contribution in [0.25, 0.3) is 0 Å². The molecule has 11 fully saturated rings. The zero-order valence-electron chi connectivity index (χ0n) is 24.5. The van der Waals surface area contributed by atoms with Crippen molar-refractivity contribution < 1.29 is 0 Å². The summed E-state index contributed by atoms with van der Waals surface area (Å²) < 4.78 is 0. The van der Waals surface area contributed by atoms with Crippen molar-refractivity contribution in [1.82, 2.24) is 0 Å². The Bertz CT molecular complexity index is 874. The number of hydrogen-bond donors (Lipinski definition) is 0. The van der Waals surface area contributed by atoms with Gasteiger partial charge in [-0.2, -0.15) is 0 Å². The van der Waals surface area contributed by atoms with Gasteiger partial charge in [0.1, 0.15) is 0 Å². The molecule has 9 saturated carbocycles. The second-order valence-electron chi connectivity index (χ2n) is 17.3. The normalized spacial score (nSPS) is 66.0. The van der Waals surface area contributed by atoms with Gasteiger partial charge in [-0.1, -0.05) is 94.5 Å². The first-order valence-electron chi connectivity index (χ1n) is 18.5. The molecule has 0 aromatic carbocycles. The van der Waals surface area contributed by atoms with Crippen molar-refractivity contribution in [2.24, 2.45) is 94.7 Å². The zero-order valence-corrected chi connectivity index (χ0v) is 27.8. The molecule has 16 atom stereocenters. The van der Waals surface area contributed by atoms with Crippen molar-refractivity contribution in [2.75, 3.05) is 0 Å². The van der Waals surface area contributed by atoms with E-state index in [1.165, 1.54) is 0 Å². The molecule has 16 unspecified atom stereocenters. The lowest BCUT2D eigenvalue weighted by molar-refractivity contribution is -0.239. The molecule has 0 spiro atoms. The van der Waals surface area contributed by atoms with E-state index in [-0.39, 0.29) is 0 Å². The summed E-state index contributed by atoms with van der Waals surface area (Å²) in [5, 5.41) is 4.22. The zero-order chi connectivity index (χ0) is 25.7. The minimum Gasteiger partial charge on any atom is -0.0898 e. The molecule has 0 aromatic rings. The van der Waals surface area contributed by atoms with Crippen molar-refractivity contribution >= 4 is 43.2 Å². The molecule has 11 aliphatic rings. The van der Waals surface area contributed by atoms with Crippen molar-refractivity contribution in [3.63, 3.8) is 0 Å². The van der Waals surface area contributed by atoms with Crippen molar-refractivity contribution in [3.05, 3.63) is 0 Å². The van der Waals surface area contributed by atoms with Crippen LogP contribution in [0.1, 0.15) is 103 Å². The van der Waals surface area contributed by atoms with E-state index in [0.717, 1.165) is 116 Å². The van der Waals surface area contributed by atoms with Crippen molar-refractivity contribution in [1.29, 1.82) is 0 Å². The molecule has 220 valence electrons. The van der Waals surface area contributed by atoms with Gasteiger partial charge in [-0.25, -0.2) is 0 Å². The minimum atomic E-state index is 1.05. The summed E-state index contributed by atoms with van der Waals surface area (Å²) in [7, 11) is 10.0. The molecule has 0 nitrogen and oxygen atoms in total. The Hall–Kier alpha value is 1.40. The monoisotopic (exact) mass is 612 g/mol. The van der Waals surface area contributed by atoms with Crippen LogP contribution >= 0.6 is 43.2 Å². The van der Waals surface area contributed by atoms with E-state index in [1.54, 1.807) is 103 Å². The van der Waals surface area contributed by atoms with Crippen molar-refractivity contribution in [2.45, 2.75) is 124 Å². The molecule has 2 saturated heterocycles. The molecule has 40 heavy (non-hydrogen) atoms. The third-order valence-electron chi connectivity index (χ3n) is 16.8. The molecule has 2 aliphatic heterocycles. The second kappa shape index (κ2) is 9.47. The number of hydrogen-bond acceptors (Lipinski definition) is 4. The molecule has 0 amide bonds. The maximum atomic E-state index is 2.50. The van der Waals surface area contributed by atoms with Crippen LogP contribution in [0.4, 0.5) is 0 Å². The highest BCUT2D eigenvalue weighted by atomic mass is 33.1. The van der Waals surface area contributed by atoms with Gasteiger partial charge in [-0.3, -0.25) is 0 Å². The smallest absolute Gasteiger partial charge is 0.0224 e. The highest BCUT2D eigenvalue weighted by Crippen LogP contribution is 2.80. The van der Waals surface area contributed by atoms with Crippen LogP contribution in [0.3, 0.4) is 0 Å². The maximum Gasteiger partial charge on any atom is 0.0224 e. The predicted molar refractivity (Wildman–Crippen MR) is 175 cm³/mol. The summed E-state index contributed by atoms with van der Waals surface area (Å²) in [4.78, 5) is 0. The summed E-state index contributed by atoms with van der Waals surface area (Å²) in [6.45, 7) is 0. The number of rotatable bonds is 0. The molecule has 4 heteroatoms. The van der Waals surface area contributed by atoms with E-state index in [2.05, 4.69) is 43.2 Å². The largest absolute Gasteiger partial charge is 0.0898 e. The average Bonchev–Trinajstić information content (AvgIpc) is 3.67. The van der Waals surface area contributed by atoms with Crippen LogP contribution in [0, 0.1) is 94.7 Å². The van der Waals surface area contributed by atoms with Gasteiger partial charge >= 0.3 is 0 Å². The Morgan fingerprint density at radius 2 is 0.450 bits per heavy atom. The van der Waals surface area contributed by atoms with Crippen LogP contribution in [0.15, 0.2) is 0 Å². The molecule has 0 bridgehead atoms. The summed E-state index contributed by atoms with van der Waals surface area (Å²) in [6, 6.07) is 0. The molecule has 0 N–H and O–H groups in total. The van der Waals surface area contributed by atoms with Crippen molar-refractivity contribution in [3.8, 4) is 0 Å². The van der Waals surface area contributed by atoms with Crippen LogP contribution in [0.5, 0.6) is 0 Å². The fourth-order valence-electron chi connectivity index (χ4n) is 16.3. The van der Waals surface area contributed by atoms with Crippen LogP contribution in [-0.2, 0) is 0 Å². The Morgan fingerprint density at radius 1 is 0.225 bits per heavy atom. The minimum absolute atomic E-state index is 1.05. The average molecular weight is 613 g/mol. The standard InChI is InChI=1S/C36H52S4/c1-5-13-21-17(9-1)25-26-18-10-2-6-14-22(18)35-32-30(26)28(20-12-4-8-16-24(20)36(32)40-39-35)27-19-11-3-7-15-23(19)34-31(29(25)27)33(21)37-38-34/h17-36H,1-16H2. The van der Waals surface area contributed by atoms with E-state index in [4.69, 9.17) is 0 Å². The molecular formula is C36H52S4. The van der Waals surface area contributed by atoms with Crippen LogP contribution < -0.4 is 0 Å². The first-order chi connectivity index (χ1) is 19.9. The molecule has 0 aromatic heterocycles. The highest BCUT2D eigenvalue weighted by molar-refractivity contribution is 8.78. The Morgan fingerprint density at radius 3 is 0.700 bits per heavy atom. The van der Waals surface area contributed by atoms with Gasteiger partial charge in [-0.05, 0) is 146 Å². The van der Waals surface area contributed by atoms with Crippen LogP contribution in [0.2, 0.25) is 0 Å². The maximum absolute atomic E-state index is 2.50. The fraction of sp³-hybridized carbons (Fsp3) is 1.00. The van der Waals surface area contributed by atoms with E-state index < -0.39 is 0 Å².